The number of aromatic nitrogens is 5. The molecule has 1 amide bonds. The van der Waals surface area contributed by atoms with Crippen LogP contribution in [0, 0.1) is 19.7 Å². The van der Waals surface area contributed by atoms with Crippen LogP contribution >= 0.6 is 0 Å². The molecule has 3 heterocycles. The van der Waals surface area contributed by atoms with Crippen LogP contribution in [0.1, 0.15) is 21.7 Å². The van der Waals surface area contributed by atoms with Gasteiger partial charge >= 0.3 is 0 Å². The molecule has 0 bridgehead atoms. The van der Waals surface area contributed by atoms with E-state index >= 15 is 0 Å². The zero-order chi connectivity index (χ0) is 20.4. The topological polar surface area (TPSA) is 85.6 Å². The number of benzene rings is 1. The van der Waals surface area contributed by atoms with E-state index in [0.717, 1.165) is 17.1 Å². The molecule has 29 heavy (non-hydrogen) atoms. The summed E-state index contributed by atoms with van der Waals surface area (Å²) in [5.41, 5.74) is 4.28. The lowest BCUT2D eigenvalue weighted by Crippen LogP contribution is -2.13. The Morgan fingerprint density at radius 1 is 0.966 bits per heavy atom. The van der Waals surface area contributed by atoms with E-state index in [-0.39, 0.29) is 5.91 Å². The van der Waals surface area contributed by atoms with Crippen LogP contribution < -0.4 is 5.32 Å². The molecule has 0 aliphatic heterocycles. The number of imidazole rings is 1. The highest BCUT2D eigenvalue weighted by atomic mass is 19.1. The highest BCUT2D eigenvalue weighted by Gasteiger charge is 2.10. The van der Waals surface area contributed by atoms with E-state index in [4.69, 9.17) is 0 Å². The van der Waals surface area contributed by atoms with E-state index in [1.165, 1.54) is 24.3 Å². The maximum Gasteiger partial charge on any atom is 0.256 e. The second kappa shape index (κ2) is 7.59. The first-order valence-electron chi connectivity index (χ1n) is 8.89. The number of anilines is 1. The van der Waals surface area contributed by atoms with Gasteiger partial charge < -0.3 is 9.88 Å². The van der Waals surface area contributed by atoms with Gasteiger partial charge in [-0.05, 0) is 62.4 Å². The number of rotatable bonds is 4. The molecule has 7 nitrogen and oxygen atoms in total. The molecule has 0 saturated carbocycles. The normalized spacial score (nSPS) is 10.7. The number of halogens is 1. The van der Waals surface area contributed by atoms with Crippen LogP contribution in [-0.2, 0) is 0 Å². The second-order valence-electron chi connectivity index (χ2n) is 6.49. The molecule has 0 saturated heterocycles. The lowest BCUT2D eigenvalue weighted by atomic mass is 10.2. The highest BCUT2D eigenvalue weighted by molar-refractivity contribution is 6.03. The number of nitrogens with one attached hydrogen (secondary N) is 1. The molecular weight excluding hydrogens is 371 g/mol. The summed E-state index contributed by atoms with van der Waals surface area (Å²) in [5, 5.41) is 10.8. The molecule has 0 radical (unpaired) electrons. The largest absolute Gasteiger partial charge is 0.305 e. The van der Waals surface area contributed by atoms with Gasteiger partial charge in [-0.1, -0.05) is 0 Å². The number of carbonyl (C=O) groups excluding carboxylic acids is 1. The summed E-state index contributed by atoms with van der Waals surface area (Å²) in [7, 11) is 0. The lowest BCUT2D eigenvalue weighted by molar-refractivity contribution is 0.102. The standard InChI is InChI=1S/C21H17FN6O/c1-13-11-28(12-23-13)19-9-7-17(24-14(19)2)18-8-10-20(27-26-18)25-21(29)15-3-5-16(22)6-4-15/h3-12H,1-2H3,(H,25,27,29). The fourth-order valence-electron chi connectivity index (χ4n) is 2.85. The van der Waals surface area contributed by atoms with Gasteiger partial charge in [0.2, 0.25) is 0 Å². The number of carbonyl (C=O) groups is 1. The lowest BCUT2D eigenvalue weighted by Gasteiger charge is -2.08. The van der Waals surface area contributed by atoms with Gasteiger partial charge in [0.15, 0.2) is 5.82 Å². The molecule has 4 aromatic rings. The summed E-state index contributed by atoms with van der Waals surface area (Å²) >= 11 is 0. The predicted octanol–water partition coefficient (Wildman–Crippen LogP) is 3.73. The van der Waals surface area contributed by atoms with Crippen molar-refractivity contribution in [2.24, 2.45) is 0 Å². The molecule has 1 N–H and O–H groups in total. The molecule has 0 unspecified atom stereocenters. The van der Waals surface area contributed by atoms with E-state index in [1.807, 2.05) is 36.7 Å². The number of nitrogens with zero attached hydrogens (tertiary/aromatic N) is 5. The molecular formula is C21H17FN6O. The van der Waals surface area contributed by atoms with Crippen LogP contribution in [-0.4, -0.2) is 30.6 Å². The summed E-state index contributed by atoms with van der Waals surface area (Å²) < 4.78 is 14.9. The van der Waals surface area contributed by atoms with Gasteiger partial charge in [0.05, 0.1) is 29.1 Å². The van der Waals surface area contributed by atoms with E-state index in [2.05, 4.69) is 25.5 Å². The molecule has 0 atom stereocenters. The molecule has 3 aromatic heterocycles. The maximum atomic E-state index is 13.0. The average molecular weight is 388 g/mol. The fourth-order valence-corrected chi connectivity index (χ4v) is 2.85. The number of amides is 1. The molecule has 4 rings (SSSR count). The first-order valence-corrected chi connectivity index (χ1v) is 8.89. The van der Waals surface area contributed by atoms with Gasteiger partial charge in [-0.25, -0.2) is 14.4 Å². The summed E-state index contributed by atoms with van der Waals surface area (Å²) in [6, 6.07) is 12.5. The minimum absolute atomic E-state index is 0.297. The van der Waals surface area contributed by atoms with Gasteiger partial charge in [-0.15, -0.1) is 10.2 Å². The summed E-state index contributed by atoms with van der Waals surface area (Å²) in [5.74, 6) is -0.492. The quantitative estimate of drug-likeness (QED) is 0.576. The Morgan fingerprint density at radius 2 is 1.72 bits per heavy atom. The van der Waals surface area contributed by atoms with Gasteiger partial charge in [0.25, 0.3) is 5.91 Å². The van der Waals surface area contributed by atoms with Crippen molar-refractivity contribution in [3.63, 3.8) is 0 Å². The minimum atomic E-state index is -0.400. The van der Waals surface area contributed by atoms with E-state index in [0.29, 0.717) is 22.8 Å². The number of aryl methyl sites for hydroxylation is 2. The van der Waals surface area contributed by atoms with Crippen LogP contribution in [0.25, 0.3) is 17.1 Å². The Labute approximate surface area is 166 Å². The third kappa shape index (κ3) is 4.01. The van der Waals surface area contributed by atoms with Crippen molar-refractivity contribution in [2.45, 2.75) is 13.8 Å². The smallest absolute Gasteiger partial charge is 0.256 e. The average Bonchev–Trinajstić information content (AvgIpc) is 3.15. The Balaban J connectivity index is 1.51. The number of hydrogen-bond acceptors (Lipinski definition) is 5. The Kier molecular flexibility index (Phi) is 4.82. The molecule has 0 spiro atoms. The van der Waals surface area contributed by atoms with Gasteiger partial charge in [0, 0.05) is 11.8 Å². The third-order valence-electron chi connectivity index (χ3n) is 4.32. The van der Waals surface area contributed by atoms with Crippen LogP contribution in [0.5, 0.6) is 0 Å². The Morgan fingerprint density at radius 3 is 2.34 bits per heavy atom. The Hall–Kier alpha value is -3.94. The van der Waals surface area contributed by atoms with Crippen LogP contribution in [0.3, 0.4) is 0 Å². The van der Waals surface area contributed by atoms with Gasteiger partial charge in [-0.3, -0.25) is 4.79 Å². The van der Waals surface area contributed by atoms with E-state index in [1.54, 1.807) is 18.5 Å². The SMILES string of the molecule is Cc1cn(-c2ccc(-c3ccc(NC(=O)c4ccc(F)cc4)nn3)nc2C)cn1. The van der Waals surface area contributed by atoms with Gasteiger partial charge in [-0.2, -0.15) is 0 Å². The predicted molar refractivity (Wildman–Crippen MR) is 106 cm³/mol. The zero-order valence-corrected chi connectivity index (χ0v) is 15.8. The van der Waals surface area contributed by atoms with Crippen LogP contribution in [0.4, 0.5) is 10.2 Å². The first kappa shape index (κ1) is 18.4. The first-order chi connectivity index (χ1) is 14.0. The maximum absolute atomic E-state index is 13.0. The molecule has 8 heteroatoms. The third-order valence-corrected chi connectivity index (χ3v) is 4.32. The van der Waals surface area contributed by atoms with Crippen molar-refractivity contribution < 1.29 is 9.18 Å². The fraction of sp³-hybridized carbons (Fsp3) is 0.0952. The van der Waals surface area contributed by atoms with Crippen LogP contribution in [0.2, 0.25) is 0 Å². The molecule has 0 aliphatic rings. The monoisotopic (exact) mass is 388 g/mol. The van der Waals surface area contributed by atoms with Crippen molar-refractivity contribution >= 4 is 11.7 Å². The van der Waals surface area contributed by atoms with E-state index < -0.39 is 5.82 Å². The number of hydrogen-bond donors (Lipinski definition) is 1. The zero-order valence-electron chi connectivity index (χ0n) is 15.8. The van der Waals surface area contributed by atoms with Crippen molar-refractivity contribution in [1.82, 2.24) is 24.7 Å². The van der Waals surface area contributed by atoms with E-state index in [9.17, 15) is 9.18 Å². The highest BCUT2D eigenvalue weighted by Crippen LogP contribution is 2.20. The second-order valence-corrected chi connectivity index (χ2v) is 6.49. The summed E-state index contributed by atoms with van der Waals surface area (Å²) in [4.78, 5) is 21.0. The van der Waals surface area contributed by atoms with Crippen molar-refractivity contribution in [1.29, 1.82) is 0 Å². The summed E-state index contributed by atoms with van der Waals surface area (Å²) in [6.07, 6.45) is 3.68. The molecule has 1 aromatic carbocycles. The summed E-state index contributed by atoms with van der Waals surface area (Å²) in [6.45, 7) is 3.85. The van der Waals surface area contributed by atoms with Crippen molar-refractivity contribution in [3.05, 3.63) is 83.8 Å². The molecule has 144 valence electrons. The molecule has 0 fully saturated rings. The van der Waals surface area contributed by atoms with Crippen molar-refractivity contribution in [2.75, 3.05) is 5.32 Å². The van der Waals surface area contributed by atoms with Crippen molar-refractivity contribution in [3.8, 4) is 17.1 Å². The Bertz CT molecular complexity index is 1170. The minimum Gasteiger partial charge on any atom is -0.305 e. The number of pyridine rings is 1. The van der Waals surface area contributed by atoms with Gasteiger partial charge in [0.1, 0.15) is 11.5 Å². The van der Waals surface area contributed by atoms with Crippen LogP contribution in [0.15, 0.2) is 61.1 Å². The molecule has 0 aliphatic carbocycles.